The van der Waals surface area contributed by atoms with E-state index in [1.807, 2.05) is 30.3 Å². The Morgan fingerprint density at radius 1 is 1.23 bits per heavy atom. The molecule has 1 saturated carbocycles. The van der Waals surface area contributed by atoms with Crippen molar-refractivity contribution in [2.24, 2.45) is 5.92 Å². The molecule has 13 heavy (non-hydrogen) atoms. The van der Waals surface area contributed by atoms with Gasteiger partial charge in [0.15, 0.2) is 0 Å². The molecule has 0 aliphatic heterocycles. The molecule has 2 N–H and O–H groups in total. The molecule has 0 bridgehead atoms. The molecule has 2 nitrogen and oxygen atoms in total. The van der Waals surface area contributed by atoms with E-state index in [9.17, 15) is 5.11 Å². The average Bonchev–Trinajstić information content (AvgIpc) is 2.94. The largest absolute Gasteiger partial charge is 0.396 e. The van der Waals surface area contributed by atoms with Gasteiger partial charge in [-0.25, -0.2) is 0 Å². The summed E-state index contributed by atoms with van der Waals surface area (Å²) in [6.07, 6.45) is 0.907. The highest BCUT2D eigenvalue weighted by Crippen LogP contribution is 2.53. The highest BCUT2D eigenvalue weighted by atomic mass is 16.3. The second-order valence-electron chi connectivity index (χ2n) is 3.76. The quantitative estimate of drug-likeness (QED) is 0.722. The number of aliphatic hydroxyl groups is 2. The van der Waals surface area contributed by atoms with E-state index in [0.29, 0.717) is 0 Å². The summed E-state index contributed by atoms with van der Waals surface area (Å²) in [5, 5.41) is 18.3. The summed E-state index contributed by atoms with van der Waals surface area (Å²) < 4.78 is 0. The maximum absolute atomic E-state index is 9.30. The third kappa shape index (κ3) is 1.26. The summed E-state index contributed by atoms with van der Waals surface area (Å²) in [5.74, 6) is 0.250. The summed E-state index contributed by atoms with van der Waals surface area (Å²) in [5.41, 5.74) is 1.01. The van der Waals surface area contributed by atoms with Gasteiger partial charge in [-0.1, -0.05) is 30.3 Å². The van der Waals surface area contributed by atoms with Crippen LogP contribution in [-0.2, 0) is 5.41 Å². The molecule has 0 radical (unpaired) electrons. The first-order valence-electron chi connectivity index (χ1n) is 4.61. The first-order chi connectivity index (χ1) is 6.33. The van der Waals surface area contributed by atoms with Crippen molar-refractivity contribution in [3.63, 3.8) is 0 Å². The van der Waals surface area contributed by atoms with Gasteiger partial charge in [-0.15, -0.1) is 0 Å². The summed E-state index contributed by atoms with van der Waals surface area (Å²) in [4.78, 5) is 0. The molecule has 1 aliphatic carbocycles. The van der Waals surface area contributed by atoms with Crippen LogP contribution in [0, 0.1) is 5.92 Å². The monoisotopic (exact) mass is 178 g/mol. The first-order valence-corrected chi connectivity index (χ1v) is 4.61. The van der Waals surface area contributed by atoms with Crippen LogP contribution in [0.25, 0.3) is 0 Å². The van der Waals surface area contributed by atoms with Gasteiger partial charge >= 0.3 is 0 Å². The van der Waals surface area contributed by atoms with E-state index in [1.54, 1.807) is 0 Å². The molecule has 1 unspecified atom stereocenters. The Morgan fingerprint density at radius 3 is 2.38 bits per heavy atom. The molecule has 1 aromatic carbocycles. The van der Waals surface area contributed by atoms with Gasteiger partial charge in [-0.3, -0.25) is 0 Å². The van der Waals surface area contributed by atoms with Crippen LogP contribution < -0.4 is 0 Å². The van der Waals surface area contributed by atoms with E-state index in [4.69, 9.17) is 5.11 Å². The minimum Gasteiger partial charge on any atom is -0.396 e. The lowest BCUT2D eigenvalue weighted by atomic mass is 9.94. The Kier molecular flexibility index (Phi) is 2.10. The van der Waals surface area contributed by atoms with Crippen molar-refractivity contribution < 1.29 is 10.2 Å². The summed E-state index contributed by atoms with van der Waals surface area (Å²) in [7, 11) is 0. The maximum Gasteiger partial charge on any atom is 0.0531 e. The fraction of sp³-hybridized carbons (Fsp3) is 0.455. The molecule has 2 atom stereocenters. The number of aliphatic hydroxyl groups excluding tert-OH is 2. The van der Waals surface area contributed by atoms with Crippen LogP contribution >= 0.6 is 0 Å². The third-order valence-corrected chi connectivity index (χ3v) is 3.08. The second kappa shape index (κ2) is 3.13. The van der Waals surface area contributed by atoms with Crippen molar-refractivity contribution in [1.29, 1.82) is 0 Å². The van der Waals surface area contributed by atoms with E-state index in [0.717, 1.165) is 12.0 Å². The molecule has 1 fully saturated rings. The molecule has 1 aromatic rings. The van der Waals surface area contributed by atoms with E-state index >= 15 is 0 Å². The Balaban J connectivity index is 2.25. The zero-order chi connectivity index (χ0) is 9.31. The zero-order valence-corrected chi connectivity index (χ0v) is 7.48. The first kappa shape index (κ1) is 8.73. The van der Waals surface area contributed by atoms with Gasteiger partial charge in [-0.2, -0.15) is 0 Å². The van der Waals surface area contributed by atoms with Gasteiger partial charge in [0.25, 0.3) is 0 Å². The molecular weight excluding hydrogens is 164 g/mol. The van der Waals surface area contributed by atoms with Crippen molar-refractivity contribution in [2.75, 3.05) is 13.2 Å². The van der Waals surface area contributed by atoms with Crippen molar-refractivity contribution in [2.45, 2.75) is 11.8 Å². The predicted molar refractivity (Wildman–Crippen MR) is 50.4 cm³/mol. The summed E-state index contributed by atoms with van der Waals surface area (Å²) >= 11 is 0. The van der Waals surface area contributed by atoms with Crippen LogP contribution in [0.2, 0.25) is 0 Å². The van der Waals surface area contributed by atoms with Crippen LogP contribution in [-0.4, -0.2) is 23.4 Å². The molecule has 70 valence electrons. The summed E-state index contributed by atoms with van der Waals surface area (Å²) in [6.45, 7) is 0.317. The van der Waals surface area contributed by atoms with Crippen molar-refractivity contribution in [1.82, 2.24) is 0 Å². The van der Waals surface area contributed by atoms with Crippen LogP contribution in [0.1, 0.15) is 12.0 Å². The Bertz CT molecular complexity index is 283. The minimum absolute atomic E-state index is 0.141. The van der Waals surface area contributed by atoms with Crippen LogP contribution in [0.5, 0.6) is 0 Å². The van der Waals surface area contributed by atoms with Crippen molar-refractivity contribution >= 4 is 0 Å². The molecule has 0 amide bonds. The fourth-order valence-corrected chi connectivity index (χ4v) is 2.03. The van der Waals surface area contributed by atoms with E-state index in [1.165, 1.54) is 0 Å². The van der Waals surface area contributed by atoms with Crippen molar-refractivity contribution in [3.05, 3.63) is 35.9 Å². The fourth-order valence-electron chi connectivity index (χ4n) is 2.03. The standard InChI is InChI=1S/C11H14O2/c12-7-10-6-11(10,8-13)9-4-2-1-3-5-9/h1-5,10,12-13H,6-8H2/t10?,11-/m1/s1. The lowest BCUT2D eigenvalue weighted by molar-refractivity contribution is 0.213. The predicted octanol–water partition coefficient (Wildman–Crippen LogP) is 0.929. The lowest BCUT2D eigenvalue weighted by Crippen LogP contribution is -2.16. The molecular formula is C11H14O2. The molecule has 0 heterocycles. The smallest absolute Gasteiger partial charge is 0.0531 e. The Hall–Kier alpha value is -0.860. The van der Waals surface area contributed by atoms with Gasteiger partial charge in [0.2, 0.25) is 0 Å². The van der Waals surface area contributed by atoms with E-state index in [2.05, 4.69) is 0 Å². The molecule has 2 rings (SSSR count). The molecule has 2 heteroatoms. The third-order valence-electron chi connectivity index (χ3n) is 3.08. The Morgan fingerprint density at radius 2 is 1.92 bits per heavy atom. The average molecular weight is 178 g/mol. The molecule has 0 aromatic heterocycles. The van der Waals surface area contributed by atoms with Gasteiger partial charge in [0, 0.05) is 12.0 Å². The van der Waals surface area contributed by atoms with Gasteiger partial charge in [0.1, 0.15) is 0 Å². The number of benzene rings is 1. The highest BCUT2D eigenvalue weighted by Gasteiger charge is 2.54. The normalized spacial score (nSPS) is 31.7. The van der Waals surface area contributed by atoms with Crippen LogP contribution in [0.15, 0.2) is 30.3 Å². The molecule has 1 aliphatic rings. The Labute approximate surface area is 77.8 Å². The maximum atomic E-state index is 9.30. The summed E-state index contributed by atoms with van der Waals surface area (Å²) in [6, 6.07) is 9.95. The number of hydrogen-bond acceptors (Lipinski definition) is 2. The van der Waals surface area contributed by atoms with E-state index in [-0.39, 0.29) is 24.5 Å². The molecule has 0 spiro atoms. The van der Waals surface area contributed by atoms with Crippen molar-refractivity contribution in [3.8, 4) is 0 Å². The lowest BCUT2D eigenvalue weighted by Gasteiger charge is -2.13. The molecule has 0 saturated heterocycles. The SMILES string of the molecule is OCC1C[C@@]1(CO)c1ccccc1. The van der Waals surface area contributed by atoms with Crippen LogP contribution in [0.4, 0.5) is 0 Å². The van der Waals surface area contributed by atoms with E-state index < -0.39 is 0 Å². The zero-order valence-electron chi connectivity index (χ0n) is 7.48. The number of hydrogen-bond donors (Lipinski definition) is 2. The van der Waals surface area contributed by atoms with Gasteiger partial charge in [0.05, 0.1) is 6.61 Å². The number of rotatable bonds is 3. The van der Waals surface area contributed by atoms with Crippen LogP contribution in [0.3, 0.4) is 0 Å². The topological polar surface area (TPSA) is 40.5 Å². The van der Waals surface area contributed by atoms with Gasteiger partial charge < -0.3 is 10.2 Å². The highest BCUT2D eigenvalue weighted by molar-refractivity contribution is 5.33. The second-order valence-corrected chi connectivity index (χ2v) is 3.76. The minimum atomic E-state index is -0.143. The van der Waals surface area contributed by atoms with Gasteiger partial charge in [-0.05, 0) is 17.9 Å².